The Morgan fingerprint density at radius 3 is 2.72 bits per heavy atom. The summed E-state index contributed by atoms with van der Waals surface area (Å²) >= 11 is 5.34. The molecular formula is C20H22N2O2S. The SMILES string of the molecule is O=C(Cc1ccccc1)OCCNC(=S)N[C@H]1CCc2ccccc21. The van der Waals surface area contributed by atoms with Gasteiger partial charge in [-0.1, -0.05) is 54.6 Å². The second-order valence-electron chi connectivity index (χ2n) is 6.07. The normalized spacial score (nSPS) is 15.3. The minimum absolute atomic E-state index is 0.225. The lowest BCUT2D eigenvalue weighted by atomic mass is 10.1. The fourth-order valence-corrected chi connectivity index (χ4v) is 3.30. The standard InChI is InChI=1S/C20H22N2O2S/c23-19(14-15-6-2-1-3-7-15)24-13-12-21-20(25)22-18-11-10-16-8-4-5-9-17(16)18/h1-9,18H,10-14H2,(H2,21,22,25)/t18-/m0/s1. The number of benzene rings is 2. The van der Waals surface area contributed by atoms with Crippen LogP contribution in [0.5, 0.6) is 0 Å². The van der Waals surface area contributed by atoms with E-state index >= 15 is 0 Å². The van der Waals surface area contributed by atoms with E-state index in [2.05, 4.69) is 34.9 Å². The van der Waals surface area contributed by atoms with Gasteiger partial charge in [0.2, 0.25) is 0 Å². The van der Waals surface area contributed by atoms with Gasteiger partial charge in [0.25, 0.3) is 0 Å². The lowest BCUT2D eigenvalue weighted by Crippen LogP contribution is -2.38. The Morgan fingerprint density at radius 1 is 1.12 bits per heavy atom. The molecule has 4 nitrogen and oxygen atoms in total. The zero-order valence-electron chi connectivity index (χ0n) is 14.0. The molecule has 0 aromatic heterocycles. The summed E-state index contributed by atoms with van der Waals surface area (Å²) in [6.07, 6.45) is 2.42. The number of carbonyl (C=O) groups excluding carboxylic acids is 1. The zero-order chi connectivity index (χ0) is 17.5. The lowest BCUT2D eigenvalue weighted by molar-refractivity contribution is -0.142. The van der Waals surface area contributed by atoms with Gasteiger partial charge in [-0.15, -0.1) is 0 Å². The van der Waals surface area contributed by atoms with Gasteiger partial charge in [0.15, 0.2) is 5.11 Å². The summed E-state index contributed by atoms with van der Waals surface area (Å²) in [5.41, 5.74) is 3.66. The predicted octanol–water partition coefficient (Wildman–Crippen LogP) is 2.92. The van der Waals surface area contributed by atoms with Gasteiger partial charge >= 0.3 is 5.97 Å². The van der Waals surface area contributed by atoms with Gasteiger partial charge in [-0.05, 0) is 41.7 Å². The first kappa shape index (κ1) is 17.4. The van der Waals surface area contributed by atoms with E-state index in [4.69, 9.17) is 17.0 Å². The number of thiocarbonyl (C=S) groups is 1. The summed E-state index contributed by atoms with van der Waals surface area (Å²) in [4.78, 5) is 11.8. The van der Waals surface area contributed by atoms with Crippen LogP contribution in [0.3, 0.4) is 0 Å². The van der Waals surface area contributed by atoms with Crippen LogP contribution in [0.15, 0.2) is 54.6 Å². The number of hydrogen-bond donors (Lipinski definition) is 2. The monoisotopic (exact) mass is 354 g/mol. The van der Waals surface area contributed by atoms with Crippen LogP contribution in [-0.2, 0) is 22.4 Å². The summed E-state index contributed by atoms with van der Waals surface area (Å²) in [5, 5.41) is 7.04. The maximum absolute atomic E-state index is 11.8. The molecule has 1 atom stereocenters. The van der Waals surface area contributed by atoms with E-state index in [0.29, 0.717) is 24.7 Å². The first-order valence-electron chi connectivity index (χ1n) is 8.54. The number of nitrogens with one attached hydrogen (secondary N) is 2. The number of fused-ring (bicyclic) bond motifs is 1. The summed E-state index contributed by atoms with van der Waals surface area (Å²) in [6, 6.07) is 18.3. The molecule has 0 spiro atoms. The van der Waals surface area contributed by atoms with Crippen LogP contribution in [-0.4, -0.2) is 24.2 Å². The summed E-state index contributed by atoms with van der Waals surface area (Å²) in [6.45, 7) is 0.801. The van der Waals surface area contributed by atoms with Crippen LogP contribution in [0.2, 0.25) is 0 Å². The van der Waals surface area contributed by atoms with Gasteiger partial charge in [0.1, 0.15) is 6.61 Å². The van der Waals surface area contributed by atoms with Crippen molar-refractivity contribution in [1.82, 2.24) is 10.6 Å². The molecule has 25 heavy (non-hydrogen) atoms. The van der Waals surface area contributed by atoms with Gasteiger partial charge < -0.3 is 15.4 Å². The zero-order valence-corrected chi connectivity index (χ0v) is 14.9. The quantitative estimate of drug-likeness (QED) is 0.475. The maximum atomic E-state index is 11.8. The van der Waals surface area contributed by atoms with Crippen molar-refractivity contribution in [2.75, 3.05) is 13.2 Å². The molecule has 130 valence electrons. The Hall–Kier alpha value is -2.40. The Kier molecular flexibility index (Phi) is 6.01. The largest absolute Gasteiger partial charge is 0.464 e. The number of aryl methyl sites for hydroxylation is 1. The number of hydrogen-bond acceptors (Lipinski definition) is 3. The van der Waals surface area contributed by atoms with E-state index in [-0.39, 0.29) is 12.0 Å². The first-order chi connectivity index (χ1) is 12.2. The molecule has 3 rings (SSSR count). The number of carbonyl (C=O) groups is 1. The second-order valence-corrected chi connectivity index (χ2v) is 6.48. The van der Waals surface area contributed by atoms with Gasteiger partial charge in [0, 0.05) is 0 Å². The fraction of sp³-hybridized carbons (Fsp3) is 0.300. The van der Waals surface area contributed by atoms with E-state index in [1.807, 2.05) is 30.3 Å². The van der Waals surface area contributed by atoms with Crippen LogP contribution in [0.4, 0.5) is 0 Å². The van der Waals surface area contributed by atoms with Gasteiger partial charge in [0.05, 0.1) is 19.0 Å². The molecule has 0 fully saturated rings. The van der Waals surface area contributed by atoms with Crippen molar-refractivity contribution < 1.29 is 9.53 Å². The molecule has 0 unspecified atom stereocenters. The average Bonchev–Trinajstić information content (AvgIpc) is 3.03. The molecule has 0 aliphatic heterocycles. The van der Waals surface area contributed by atoms with Crippen molar-refractivity contribution in [3.8, 4) is 0 Å². The molecule has 0 amide bonds. The molecule has 2 N–H and O–H groups in total. The van der Waals surface area contributed by atoms with Crippen molar-refractivity contribution in [3.05, 3.63) is 71.3 Å². The van der Waals surface area contributed by atoms with Gasteiger partial charge in [-0.3, -0.25) is 4.79 Å². The molecule has 1 aliphatic carbocycles. The molecule has 0 bridgehead atoms. The van der Waals surface area contributed by atoms with Crippen LogP contribution >= 0.6 is 12.2 Å². The molecule has 5 heteroatoms. The summed E-state index contributed by atoms with van der Waals surface area (Å²) < 4.78 is 5.23. The third-order valence-corrected chi connectivity index (χ3v) is 4.54. The third-order valence-electron chi connectivity index (χ3n) is 4.28. The Morgan fingerprint density at radius 2 is 1.88 bits per heavy atom. The molecule has 0 heterocycles. The fourth-order valence-electron chi connectivity index (χ4n) is 3.06. The molecule has 2 aromatic rings. The van der Waals surface area contributed by atoms with Crippen molar-refractivity contribution in [3.63, 3.8) is 0 Å². The summed E-state index contributed by atoms with van der Waals surface area (Å²) in [5.74, 6) is -0.225. The van der Waals surface area contributed by atoms with Crippen molar-refractivity contribution in [2.24, 2.45) is 0 Å². The minimum Gasteiger partial charge on any atom is -0.464 e. The lowest BCUT2D eigenvalue weighted by Gasteiger charge is -2.17. The van der Waals surface area contributed by atoms with E-state index in [1.54, 1.807) is 0 Å². The first-order valence-corrected chi connectivity index (χ1v) is 8.95. The highest BCUT2D eigenvalue weighted by atomic mass is 32.1. The average molecular weight is 354 g/mol. The highest BCUT2D eigenvalue weighted by Crippen LogP contribution is 2.30. The number of esters is 1. The minimum atomic E-state index is -0.225. The Labute approximate surface area is 153 Å². The Balaban J connectivity index is 1.34. The highest BCUT2D eigenvalue weighted by Gasteiger charge is 2.22. The highest BCUT2D eigenvalue weighted by molar-refractivity contribution is 7.80. The van der Waals surface area contributed by atoms with Crippen molar-refractivity contribution in [2.45, 2.75) is 25.3 Å². The van der Waals surface area contributed by atoms with E-state index in [0.717, 1.165) is 18.4 Å². The van der Waals surface area contributed by atoms with Crippen LogP contribution < -0.4 is 10.6 Å². The molecule has 2 aromatic carbocycles. The number of ether oxygens (including phenoxy) is 1. The topological polar surface area (TPSA) is 50.4 Å². The predicted molar refractivity (Wildman–Crippen MR) is 102 cm³/mol. The maximum Gasteiger partial charge on any atom is 0.310 e. The Bertz CT molecular complexity index is 733. The van der Waals surface area contributed by atoms with Crippen molar-refractivity contribution in [1.29, 1.82) is 0 Å². The molecular weight excluding hydrogens is 332 g/mol. The van der Waals surface area contributed by atoms with Gasteiger partial charge in [-0.2, -0.15) is 0 Å². The van der Waals surface area contributed by atoms with Crippen molar-refractivity contribution >= 4 is 23.3 Å². The molecule has 0 radical (unpaired) electrons. The van der Waals surface area contributed by atoms with Crippen LogP contribution in [0.25, 0.3) is 0 Å². The molecule has 0 saturated carbocycles. The third kappa shape index (κ3) is 5.03. The number of rotatable bonds is 6. The smallest absolute Gasteiger partial charge is 0.310 e. The second kappa shape index (κ2) is 8.62. The van der Waals surface area contributed by atoms with Crippen LogP contribution in [0, 0.1) is 0 Å². The van der Waals surface area contributed by atoms with E-state index in [9.17, 15) is 4.79 Å². The van der Waals surface area contributed by atoms with Gasteiger partial charge in [-0.25, -0.2) is 0 Å². The van der Waals surface area contributed by atoms with E-state index in [1.165, 1.54) is 11.1 Å². The summed E-state index contributed by atoms with van der Waals surface area (Å²) in [7, 11) is 0. The molecule has 1 aliphatic rings. The van der Waals surface area contributed by atoms with E-state index < -0.39 is 0 Å². The van der Waals surface area contributed by atoms with Crippen LogP contribution in [0.1, 0.15) is 29.2 Å². The molecule has 0 saturated heterocycles.